The molecule has 8 heteroatoms. The summed E-state index contributed by atoms with van der Waals surface area (Å²) in [6.45, 7) is -0.242. The number of carbonyl (C=O) groups excluding carboxylic acids is 2. The lowest BCUT2D eigenvalue weighted by molar-refractivity contribution is -0.384. The van der Waals surface area contributed by atoms with Gasteiger partial charge in [0, 0.05) is 11.6 Å². The molecule has 0 aliphatic rings. The molecule has 2 rings (SSSR count). The van der Waals surface area contributed by atoms with Crippen LogP contribution < -0.4 is 15.4 Å². The number of methoxy groups -OCH3 is 1. The molecule has 0 unspecified atom stereocenters. The normalized spacial score (nSPS) is 9.88. The van der Waals surface area contributed by atoms with Crippen molar-refractivity contribution >= 4 is 23.2 Å². The lowest BCUT2D eigenvalue weighted by atomic mass is 10.2. The van der Waals surface area contributed by atoms with Crippen molar-refractivity contribution in [3.8, 4) is 5.75 Å². The number of hydrogen-bond donors (Lipinski definition) is 2. The molecule has 0 saturated heterocycles. The van der Waals surface area contributed by atoms with E-state index in [4.69, 9.17) is 4.74 Å². The number of carbonyl (C=O) groups is 2. The maximum absolute atomic E-state index is 11.9. The Labute approximate surface area is 137 Å². The standard InChI is InChI=1S/C16H15N3O5/c1-24-14-9-12(19(22)23)7-8-13(14)18-15(20)10-17-16(21)11-5-3-2-4-6-11/h2-9H,10H2,1H3,(H,17,21)(H,18,20). The zero-order valence-corrected chi connectivity index (χ0v) is 12.8. The highest BCUT2D eigenvalue weighted by Crippen LogP contribution is 2.28. The molecule has 2 aromatic carbocycles. The van der Waals surface area contributed by atoms with Crippen LogP contribution in [0, 0.1) is 10.1 Å². The SMILES string of the molecule is COc1cc([N+](=O)[O-])ccc1NC(=O)CNC(=O)c1ccccc1. The van der Waals surface area contributed by atoms with Crippen molar-refractivity contribution in [2.24, 2.45) is 0 Å². The Morgan fingerprint density at radius 3 is 2.50 bits per heavy atom. The predicted octanol–water partition coefficient (Wildman–Crippen LogP) is 1.97. The molecule has 0 bridgehead atoms. The van der Waals surface area contributed by atoms with E-state index in [1.54, 1.807) is 30.3 Å². The van der Waals surface area contributed by atoms with Gasteiger partial charge in [-0.25, -0.2) is 0 Å². The summed E-state index contributed by atoms with van der Waals surface area (Å²) in [6.07, 6.45) is 0. The third-order valence-corrected chi connectivity index (χ3v) is 3.12. The molecule has 2 aromatic rings. The number of hydrogen-bond acceptors (Lipinski definition) is 5. The third-order valence-electron chi connectivity index (χ3n) is 3.12. The Balaban J connectivity index is 1.97. The first kappa shape index (κ1) is 16.9. The van der Waals surface area contributed by atoms with E-state index in [1.807, 2.05) is 0 Å². The minimum absolute atomic E-state index is 0.151. The molecule has 0 fully saturated rings. The largest absolute Gasteiger partial charge is 0.494 e. The molecule has 2 N–H and O–H groups in total. The molecule has 0 saturated carbocycles. The number of benzene rings is 2. The van der Waals surface area contributed by atoms with Crippen LogP contribution in [0.15, 0.2) is 48.5 Å². The van der Waals surface area contributed by atoms with E-state index >= 15 is 0 Å². The predicted molar refractivity (Wildman–Crippen MR) is 87.1 cm³/mol. The molecular weight excluding hydrogens is 314 g/mol. The molecule has 0 aliphatic heterocycles. The minimum atomic E-state index is -0.561. The van der Waals surface area contributed by atoms with Crippen LogP contribution >= 0.6 is 0 Å². The molecule has 0 aliphatic carbocycles. The summed E-state index contributed by atoms with van der Waals surface area (Å²) in [5.74, 6) is -0.695. The van der Waals surface area contributed by atoms with Crippen LogP contribution in [0.25, 0.3) is 0 Å². The van der Waals surface area contributed by atoms with Crippen LogP contribution in [0.1, 0.15) is 10.4 Å². The highest BCUT2D eigenvalue weighted by Gasteiger charge is 2.14. The zero-order chi connectivity index (χ0) is 17.5. The highest BCUT2D eigenvalue weighted by molar-refractivity contribution is 5.99. The first-order valence-electron chi connectivity index (χ1n) is 6.97. The van der Waals surface area contributed by atoms with E-state index in [9.17, 15) is 19.7 Å². The number of amides is 2. The molecule has 124 valence electrons. The number of nitro benzene ring substituents is 1. The maximum atomic E-state index is 11.9. The van der Waals surface area contributed by atoms with Gasteiger partial charge in [-0.1, -0.05) is 18.2 Å². The van der Waals surface area contributed by atoms with E-state index < -0.39 is 10.8 Å². The summed E-state index contributed by atoms with van der Waals surface area (Å²) >= 11 is 0. The smallest absolute Gasteiger partial charge is 0.273 e. The van der Waals surface area contributed by atoms with E-state index in [2.05, 4.69) is 10.6 Å². The quantitative estimate of drug-likeness (QED) is 0.622. The molecule has 0 spiro atoms. The lowest BCUT2D eigenvalue weighted by Crippen LogP contribution is -2.32. The van der Waals surface area contributed by atoms with Crippen LogP contribution in [0.2, 0.25) is 0 Å². The number of non-ortho nitro benzene ring substituents is 1. The van der Waals surface area contributed by atoms with Gasteiger partial charge in [-0.2, -0.15) is 0 Å². The van der Waals surface area contributed by atoms with Crippen LogP contribution in [0.3, 0.4) is 0 Å². The Bertz CT molecular complexity index is 762. The fourth-order valence-corrected chi connectivity index (χ4v) is 1.94. The summed E-state index contributed by atoms with van der Waals surface area (Å²) in [5, 5.41) is 15.7. The van der Waals surface area contributed by atoms with Crippen molar-refractivity contribution in [2.75, 3.05) is 19.0 Å². The molecule has 0 heterocycles. The van der Waals surface area contributed by atoms with Gasteiger partial charge < -0.3 is 15.4 Å². The molecular formula is C16H15N3O5. The van der Waals surface area contributed by atoms with Gasteiger partial charge in [0.25, 0.3) is 11.6 Å². The summed E-state index contributed by atoms with van der Waals surface area (Å²) < 4.78 is 5.03. The average molecular weight is 329 g/mol. The second-order valence-corrected chi connectivity index (χ2v) is 4.74. The Morgan fingerprint density at radius 1 is 1.17 bits per heavy atom. The summed E-state index contributed by atoms with van der Waals surface area (Å²) in [4.78, 5) is 33.9. The van der Waals surface area contributed by atoms with Gasteiger partial charge in [-0.3, -0.25) is 19.7 Å². The Hall–Kier alpha value is -3.42. The van der Waals surface area contributed by atoms with Crippen molar-refractivity contribution in [3.05, 3.63) is 64.2 Å². The fourth-order valence-electron chi connectivity index (χ4n) is 1.94. The van der Waals surface area contributed by atoms with Crippen LogP contribution in [-0.2, 0) is 4.79 Å². The molecule has 8 nitrogen and oxygen atoms in total. The first-order chi connectivity index (χ1) is 11.5. The number of ether oxygens (including phenoxy) is 1. The van der Waals surface area contributed by atoms with Gasteiger partial charge in [0.2, 0.25) is 5.91 Å². The van der Waals surface area contributed by atoms with Crippen LogP contribution in [0.5, 0.6) is 5.75 Å². The average Bonchev–Trinajstić information content (AvgIpc) is 2.60. The van der Waals surface area contributed by atoms with Gasteiger partial charge in [0.1, 0.15) is 5.75 Å². The van der Waals surface area contributed by atoms with Crippen molar-refractivity contribution in [1.29, 1.82) is 0 Å². The van der Waals surface area contributed by atoms with Crippen LogP contribution in [-0.4, -0.2) is 30.4 Å². The molecule has 24 heavy (non-hydrogen) atoms. The zero-order valence-electron chi connectivity index (χ0n) is 12.8. The molecule has 0 radical (unpaired) electrons. The van der Waals surface area contributed by atoms with E-state index in [1.165, 1.54) is 25.3 Å². The fraction of sp³-hybridized carbons (Fsp3) is 0.125. The minimum Gasteiger partial charge on any atom is -0.494 e. The highest BCUT2D eigenvalue weighted by atomic mass is 16.6. The first-order valence-corrected chi connectivity index (χ1v) is 6.97. The Kier molecular flexibility index (Phi) is 5.45. The summed E-state index contributed by atoms with van der Waals surface area (Å²) in [7, 11) is 1.34. The van der Waals surface area contributed by atoms with Gasteiger partial charge >= 0.3 is 0 Å². The van der Waals surface area contributed by atoms with Gasteiger partial charge in [0.05, 0.1) is 30.3 Å². The number of nitro groups is 1. The monoisotopic (exact) mass is 329 g/mol. The number of rotatable bonds is 6. The third kappa shape index (κ3) is 4.29. The lowest BCUT2D eigenvalue weighted by Gasteiger charge is -2.10. The number of nitrogens with zero attached hydrogens (tertiary/aromatic N) is 1. The van der Waals surface area contributed by atoms with E-state index in [-0.39, 0.29) is 29.6 Å². The molecule has 2 amide bonds. The number of anilines is 1. The van der Waals surface area contributed by atoms with Crippen molar-refractivity contribution in [1.82, 2.24) is 5.32 Å². The van der Waals surface area contributed by atoms with Crippen molar-refractivity contribution < 1.29 is 19.2 Å². The van der Waals surface area contributed by atoms with Gasteiger partial charge in [-0.05, 0) is 18.2 Å². The van der Waals surface area contributed by atoms with Gasteiger partial charge in [0.15, 0.2) is 0 Å². The van der Waals surface area contributed by atoms with Crippen molar-refractivity contribution in [3.63, 3.8) is 0 Å². The maximum Gasteiger partial charge on any atom is 0.273 e. The second kappa shape index (κ2) is 7.73. The second-order valence-electron chi connectivity index (χ2n) is 4.74. The van der Waals surface area contributed by atoms with E-state index in [0.29, 0.717) is 5.56 Å². The van der Waals surface area contributed by atoms with Gasteiger partial charge in [-0.15, -0.1) is 0 Å². The topological polar surface area (TPSA) is 111 Å². The summed E-state index contributed by atoms with van der Waals surface area (Å²) in [5.41, 5.74) is 0.572. The number of nitrogens with one attached hydrogen (secondary N) is 2. The van der Waals surface area contributed by atoms with Crippen LogP contribution in [0.4, 0.5) is 11.4 Å². The molecule has 0 aromatic heterocycles. The Morgan fingerprint density at radius 2 is 1.88 bits per heavy atom. The summed E-state index contributed by atoms with van der Waals surface area (Å²) in [6, 6.07) is 12.3. The van der Waals surface area contributed by atoms with Crippen molar-refractivity contribution in [2.45, 2.75) is 0 Å². The molecule has 0 atom stereocenters. The van der Waals surface area contributed by atoms with E-state index in [0.717, 1.165) is 0 Å².